The van der Waals surface area contributed by atoms with E-state index in [1.54, 1.807) is 6.20 Å². The minimum absolute atomic E-state index is 0.0278. The number of carbonyl (C=O) groups excluding carboxylic acids is 2. The molecule has 8 nitrogen and oxygen atoms in total. The highest BCUT2D eigenvalue weighted by Crippen LogP contribution is 2.40. The van der Waals surface area contributed by atoms with Crippen molar-refractivity contribution in [1.82, 2.24) is 19.7 Å². The number of hydrogen-bond donors (Lipinski definition) is 1. The van der Waals surface area contributed by atoms with Crippen LogP contribution < -0.4 is 4.74 Å². The number of hydrogen-bond acceptors (Lipinski definition) is 6. The molecule has 1 saturated carbocycles. The molecule has 1 fully saturated rings. The normalized spacial score (nSPS) is 21.0. The van der Waals surface area contributed by atoms with E-state index < -0.39 is 0 Å². The molecule has 2 unspecified atom stereocenters. The number of aryl methyl sites for hydroxylation is 2. The third-order valence-corrected chi connectivity index (χ3v) is 9.50. The van der Waals surface area contributed by atoms with Crippen molar-refractivity contribution in [3.05, 3.63) is 40.8 Å². The topological polar surface area (TPSA) is 97.6 Å². The fourth-order valence-corrected chi connectivity index (χ4v) is 6.30. The van der Waals surface area contributed by atoms with Crippen molar-refractivity contribution < 1.29 is 19.4 Å². The summed E-state index contributed by atoms with van der Waals surface area (Å²) in [4.78, 5) is 30.4. The van der Waals surface area contributed by atoms with Crippen LogP contribution in [-0.2, 0) is 17.8 Å². The molecule has 0 spiro atoms. The quantitative estimate of drug-likeness (QED) is 0.244. The molecular formula is C37H62N4O4. The number of aliphatic hydroxyl groups excluding tert-OH is 1. The average Bonchev–Trinajstić information content (AvgIpc) is 3.57. The van der Waals surface area contributed by atoms with Gasteiger partial charge in [0.2, 0.25) is 5.88 Å². The molecule has 2 aliphatic rings. The standard InChI is InChI=1S/C29H44N4O2.C6H12O2.C2H6/c1-6-16-32(17-7-2)29(34)27-26-22(5)21(4)19-25(26)33(31-27)18-14-23-10-12-24(13-11-23)35-28-20(3)9-8-15-30-28;1-3-5(2)6(8)4-7;1-2/h8-9,15,21-24H,6-7,10-14,16-19H2,1-5H3;5,7H,3-4H2,1-2H3;1-2H3/t21-,22?,23?,24?;;/m1../s1. The van der Waals surface area contributed by atoms with Crippen LogP contribution in [0.25, 0.3) is 0 Å². The Morgan fingerprint density at radius 1 is 1.09 bits per heavy atom. The van der Waals surface area contributed by atoms with Crippen LogP contribution in [-0.4, -0.2) is 62.3 Å². The van der Waals surface area contributed by atoms with Crippen LogP contribution in [0.4, 0.5) is 0 Å². The van der Waals surface area contributed by atoms with Gasteiger partial charge in [-0.15, -0.1) is 0 Å². The predicted molar refractivity (Wildman–Crippen MR) is 183 cm³/mol. The Balaban J connectivity index is 0.000000615. The fourth-order valence-electron chi connectivity index (χ4n) is 6.30. The minimum Gasteiger partial charge on any atom is -0.474 e. The van der Waals surface area contributed by atoms with Gasteiger partial charge >= 0.3 is 0 Å². The van der Waals surface area contributed by atoms with E-state index in [2.05, 4.69) is 50.4 Å². The zero-order chi connectivity index (χ0) is 33.5. The number of carbonyl (C=O) groups is 2. The van der Waals surface area contributed by atoms with E-state index >= 15 is 0 Å². The predicted octanol–water partition coefficient (Wildman–Crippen LogP) is 7.79. The van der Waals surface area contributed by atoms with Crippen LogP contribution in [0, 0.1) is 24.7 Å². The maximum atomic E-state index is 13.5. The second-order valence-electron chi connectivity index (χ2n) is 12.8. The van der Waals surface area contributed by atoms with E-state index in [1.807, 2.05) is 38.7 Å². The first-order valence-corrected chi connectivity index (χ1v) is 17.7. The van der Waals surface area contributed by atoms with Gasteiger partial charge in [0.1, 0.15) is 12.7 Å². The van der Waals surface area contributed by atoms with Crippen molar-refractivity contribution in [1.29, 1.82) is 0 Å². The van der Waals surface area contributed by atoms with Crippen molar-refractivity contribution >= 4 is 11.7 Å². The van der Waals surface area contributed by atoms with E-state index in [-0.39, 0.29) is 30.3 Å². The summed E-state index contributed by atoms with van der Waals surface area (Å²) in [6.07, 6.45) is 11.5. The van der Waals surface area contributed by atoms with Gasteiger partial charge in [0.25, 0.3) is 5.91 Å². The Kier molecular flexibility index (Phi) is 16.8. The summed E-state index contributed by atoms with van der Waals surface area (Å²) >= 11 is 0. The first-order chi connectivity index (χ1) is 21.6. The Bertz CT molecular complexity index is 1170. The maximum Gasteiger partial charge on any atom is 0.274 e. The molecule has 0 saturated heterocycles. The van der Waals surface area contributed by atoms with E-state index in [0.717, 1.165) is 81.7 Å². The lowest BCUT2D eigenvalue weighted by atomic mass is 9.85. The summed E-state index contributed by atoms with van der Waals surface area (Å²) in [5, 5.41) is 13.2. The number of aromatic nitrogens is 3. The van der Waals surface area contributed by atoms with Gasteiger partial charge in [0, 0.05) is 48.6 Å². The Morgan fingerprint density at radius 2 is 1.73 bits per heavy atom. The number of fused-ring (bicyclic) bond motifs is 1. The first kappa shape index (κ1) is 38.4. The van der Waals surface area contributed by atoms with Gasteiger partial charge in [-0.25, -0.2) is 4.98 Å². The molecule has 2 aromatic heterocycles. The van der Waals surface area contributed by atoms with Gasteiger partial charge < -0.3 is 14.7 Å². The second-order valence-corrected chi connectivity index (χ2v) is 12.8. The van der Waals surface area contributed by atoms with Gasteiger partial charge in [-0.2, -0.15) is 5.10 Å². The average molecular weight is 627 g/mol. The lowest BCUT2D eigenvalue weighted by molar-refractivity contribution is -0.125. The molecule has 254 valence electrons. The highest BCUT2D eigenvalue weighted by Gasteiger charge is 2.36. The van der Waals surface area contributed by atoms with E-state index in [1.165, 1.54) is 24.1 Å². The highest BCUT2D eigenvalue weighted by atomic mass is 16.5. The smallest absolute Gasteiger partial charge is 0.274 e. The van der Waals surface area contributed by atoms with Crippen molar-refractivity contribution in [2.75, 3.05) is 19.7 Å². The molecule has 2 aromatic rings. The van der Waals surface area contributed by atoms with Crippen molar-refractivity contribution in [2.24, 2.45) is 17.8 Å². The number of amides is 1. The van der Waals surface area contributed by atoms with Crippen molar-refractivity contribution in [3.8, 4) is 5.88 Å². The van der Waals surface area contributed by atoms with Crippen LogP contribution in [0.2, 0.25) is 0 Å². The molecule has 45 heavy (non-hydrogen) atoms. The second kappa shape index (κ2) is 19.7. The van der Waals surface area contributed by atoms with Gasteiger partial charge in [-0.3, -0.25) is 14.3 Å². The van der Waals surface area contributed by atoms with Crippen LogP contribution >= 0.6 is 0 Å². The summed E-state index contributed by atoms with van der Waals surface area (Å²) in [5.41, 5.74) is 4.36. The molecule has 8 heteroatoms. The number of ketones is 1. The molecule has 2 aliphatic carbocycles. The number of aliphatic hydroxyl groups is 1. The Hall–Kier alpha value is -2.74. The van der Waals surface area contributed by atoms with Crippen molar-refractivity contribution in [2.45, 2.75) is 139 Å². The summed E-state index contributed by atoms with van der Waals surface area (Å²) in [6, 6.07) is 4.01. The summed E-state index contributed by atoms with van der Waals surface area (Å²) in [6.45, 7) is 20.9. The van der Waals surface area contributed by atoms with Crippen LogP contribution in [0.5, 0.6) is 5.88 Å². The van der Waals surface area contributed by atoms with Crippen LogP contribution in [0.15, 0.2) is 18.3 Å². The molecule has 0 aromatic carbocycles. The lowest BCUT2D eigenvalue weighted by Crippen LogP contribution is -2.33. The number of pyridine rings is 1. The lowest BCUT2D eigenvalue weighted by Gasteiger charge is -2.29. The summed E-state index contributed by atoms with van der Waals surface area (Å²) in [7, 11) is 0. The van der Waals surface area contributed by atoms with Gasteiger partial charge in [-0.05, 0) is 88.5 Å². The molecule has 3 atom stereocenters. The van der Waals surface area contributed by atoms with Gasteiger partial charge in [-0.1, -0.05) is 61.5 Å². The number of Topliss-reactive ketones (excluding diaryl/α,β-unsaturated/α-hetero) is 1. The Morgan fingerprint density at radius 3 is 2.27 bits per heavy atom. The summed E-state index contributed by atoms with van der Waals surface area (Å²) < 4.78 is 8.40. The zero-order valence-corrected chi connectivity index (χ0v) is 29.8. The van der Waals surface area contributed by atoms with Crippen LogP contribution in [0.3, 0.4) is 0 Å². The number of nitrogens with zero attached hydrogens (tertiary/aromatic N) is 4. The monoisotopic (exact) mass is 626 g/mol. The Labute approximate surface area is 273 Å². The number of ether oxygens (including phenoxy) is 1. The molecule has 1 amide bonds. The largest absolute Gasteiger partial charge is 0.474 e. The first-order valence-electron chi connectivity index (χ1n) is 17.7. The third-order valence-electron chi connectivity index (χ3n) is 9.50. The molecule has 0 bridgehead atoms. The molecule has 0 aliphatic heterocycles. The third kappa shape index (κ3) is 10.7. The molecule has 1 N–H and O–H groups in total. The molecule has 2 heterocycles. The zero-order valence-electron chi connectivity index (χ0n) is 29.8. The van der Waals surface area contributed by atoms with Gasteiger partial charge in [0.15, 0.2) is 11.5 Å². The van der Waals surface area contributed by atoms with Gasteiger partial charge in [0.05, 0.1) is 0 Å². The van der Waals surface area contributed by atoms with Crippen molar-refractivity contribution in [3.63, 3.8) is 0 Å². The maximum absolute atomic E-state index is 13.5. The SMILES string of the molecule is CC.CCC(C)C(=O)CO.CCCN(CCC)C(=O)c1nn(CCC2CCC(Oc3ncccc3C)CC2)c2c1C(C)[C@H](C)C2. The highest BCUT2D eigenvalue weighted by molar-refractivity contribution is 5.94. The summed E-state index contributed by atoms with van der Waals surface area (Å²) in [5.74, 6) is 2.52. The van der Waals surface area contributed by atoms with E-state index in [9.17, 15) is 9.59 Å². The van der Waals surface area contributed by atoms with Crippen LogP contribution in [0.1, 0.15) is 140 Å². The number of rotatable bonds is 13. The minimum atomic E-state index is -0.311. The molecule has 0 radical (unpaired) electrons. The fraction of sp³-hybridized carbons (Fsp3) is 0.730. The van der Waals surface area contributed by atoms with E-state index in [4.69, 9.17) is 14.9 Å². The molecular weight excluding hydrogens is 564 g/mol. The van der Waals surface area contributed by atoms with E-state index in [0.29, 0.717) is 17.8 Å². The molecule has 4 rings (SSSR count).